The van der Waals surface area contributed by atoms with Crippen molar-refractivity contribution in [1.82, 2.24) is 0 Å². The van der Waals surface area contributed by atoms with Gasteiger partial charge in [-0.05, 0) is 108 Å². The number of unbranched alkanes of at least 4 members (excludes halogenated alkanes) is 1. The molecule has 0 aromatic heterocycles. The third kappa shape index (κ3) is 8.24. The summed E-state index contributed by atoms with van der Waals surface area (Å²) in [5, 5.41) is 0. The quantitative estimate of drug-likeness (QED) is 0.0293. The molecule has 2 atom stereocenters. The molecule has 0 radical (unpaired) electrons. The molecule has 0 N–H and O–H groups in total. The normalized spacial score (nSPS) is 17.1. The molecule has 0 bridgehead atoms. The Hall–Kier alpha value is -4.41. The Morgan fingerprint density at radius 2 is 1.28 bits per heavy atom. The van der Waals surface area contributed by atoms with Gasteiger partial charge in [0, 0.05) is 6.61 Å². The van der Waals surface area contributed by atoms with Crippen molar-refractivity contribution in [3.05, 3.63) is 107 Å². The second-order valence-electron chi connectivity index (χ2n) is 11.6. The lowest BCUT2D eigenvalue weighted by Crippen LogP contribution is -2.09. The molecule has 2 unspecified atom stereocenters. The minimum atomic E-state index is -0.417. The third-order valence-corrected chi connectivity index (χ3v) is 7.93. The summed E-state index contributed by atoms with van der Waals surface area (Å²) in [5.41, 5.74) is 5.88. The monoisotopic (exact) mass is 624 g/mol. The van der Waals surface area contributed by atoms with E-state index in [9.17, 15) is 4.79 Å². The summed E-state index contributed by atoms with van der Waals surface area (Å²) in [6.07, 6.45) is 3.10. The van der Waals surface area contributed by atoms with Crippen LogP contribution in [0.3, 0.4) is 0 Å². The minimum Gasteiger partial charge on any atom is -0.494 e. The molecule has 3 aliphatic rings. The van der Waals surface area contributed by atoms with Gasteiger partial charge in [0.05, 0.1) is 32.0 Å². The van der Waals surface area contributed by atoms with Crippen LogP contribution in [0.5, 0.6) is 23.0 Å². The molecule has 9 heteroatoms. The Balaban J connectivity index is 0.844. The molecule has 2 saturated heterocycles. The van der Waals surface area contributed by atoms with Crippen molar-refractivity contribution in [3.8, 4) is 34.1 Å². The van der Waals surface area contributed by atoms with Crippen LogP contribution in [-0.4, -0.2) is 57.8 Å². The molecular weight excluding hydrogens is 588 g/mol. The summed E-state index contributed by atoms with van der Waals surface area (Å²) in [7, 11) is 0. The molecule has 238 valence electrons. The number of hydrogen-bond acceptors (Lipinski definition) is 9. The summed E-state index contributed by atoms with van der Waals surface area (Å²) >= 11 is 0. The Labute approximate surface area is 267 Å². The zero-order valence-electron chi connectivity index (χ0n) is 25.5. The van der Waals surface area contributed by atoms with Gasteiger partial charge in [-0.15, -0.1) is 0 Å². The first kappa shape index (κ1) is 30.3. The molecule has 46 heavy (non-hydrogen) atoms. The molecule has 0 saturated carbocycles. The third-order valence-electron chi connectivity index (χ3n) is 7.93. The number of rotatable bonds is 17. The Morgan fingerprint density at radius 3 is 2.02 bits per heavy atom. The highest BCUT2D eigenvalue weighted by Crippen LogP contribution is 2.40. The van der Waals surface area contributed by atoms with E-state index in [1.807, 2.05) is 60.7 Å². The summed E-state index contributed by atoms with van der Waals surface area (Å²) < 4.78 is 33.0. The van der Waals surface area contributed by atoms with Gasteiger partial charge in [0.25, 0.3) is 0 Å². The van der Waals surface area contributed by atoms with Crippen LogP contribution in [0.25, 0.3) is 11.1 Å². The van der Waals surface area contributed by atoms with E-state index < -0.39 is 5.97 Å². The number of epoxide rings is 2. The van der Waals surface area contributed by atoms with Crippen molar-refractivity contribution >= 4 is 5.97 Å². The maximum Gasteiger partial charge on any atom is 0.343 e. The van der Waals surface area contributed by atoms with Crippen molar-refractivity contribution in [2.75, 3.05) is 39.6 Å². The first-order valence-corrected chi connectivity index (χ1v) is 15.7. The van der Waals surface area contributed by atoms with Crippen LogP contribution in [-0.2, 0) is 32.1 Å². The van der Waals surface area contributed by atoms with Crippen molar-refractivity contribution in [2.24, 2.45) is 0 Å². The fourth-order valence-corrected chi connectivity index (χ4v) is 5.21. The van der Waals surface area contributed by atoms with Gasteiger partial charge in [0.2, 0.25) is 0 Å². The van der Waals surface area contributed by atoms with E-state index in [4.69, 9.17) is 38.2 Å². The first-order chi connectivity index (χ1) is 22.7. The van der Waals surface area contributed by atoms with E-state index in [0.717, 1.165) is 66.2 Å². The average Bonchev–Trinajstić information content (AvgIpc) is 4.02. The summed E-state index contributed by atoms with van der Waals surface area (Å²) in [6, 6.07) is 26.4. The highest BCUT2D eigenvalue weighted by atomic mass is 17.2. The van der Waals surface area contributed by atoms with E-state index in [-0.39, 0.29) is 6.10 Å². The lowest BCUT2D eigenvalue weighted by atomic mass is 10.1. The molecule has 9 nitrogen and oxygen atoms in total. The number of benzene rings is 4. The molecule has 2 aliphatic heterocycles. The van der Waals surface area contributed by atoms with Crippen molar-refractivity contribution in [3.63, 3.8) is 0 Å². The molecular formula is C37H36O9. The topological polar surface area (TPSA) is 97.5 Å². The van der Waals surface area contributed by atoms with Crippen LogP contribution >= 0.6 is 0 Å². The maximum absolute atomic E-state index is 12.8. The highest BCUT2D eigenvalue weighted by molar-refractivity contribution is 5.91. The fraction of sp³-hybridized carbons (Fsp3) is 0.324. The molecule has 4 aromatic carbocycles. The van der Waals surface area contributed by atoms with Crippen molar-refractivity contribution in [2.45, 2.75) is 38.1 Å². The molecule has 4 aromatic rings. The smallest absolute Gasteiger partial charge is 0.343 e. The predicted molar refractivity (Wildman–Crippen MR) is 168 cm³/mol. The summed E-state index contributed by atoms with van der Waals surface area (Å²) in [4.78, 5) is 23.9. The van der Waals surface area contributed by atoms with E-state index in [2.05, 4.69) is 0 Å². The number of carbonyl (C=O) groups excluding carboxylic acids is 1. The lowest BCUT2D eigenvalue weighted by molar-refractivity contribution is -0.217. The van der Waals surface area contributed by atoms with E-state index in [1.54, 1.807) is 24.3 Å². The second kappa shape index (κ2) is 14.3. The molecule has 2 heterocycles. The molecule has 0 spiro atoms. The first-order valence-electron chi connectivity index (χ1n) is 15.7. The zero-order chi connectivity index (χ0) is 31.1. The van der Waals surface area contributed by atoms with Crippen LogP contribution in [0.2, 0.25) is 0 Å². The van der Waals surface area contributed by atoms with Crippen molar-refractivity contribution < 1.29 is 43.0 Å². The summed E-state index contributed by atoms with van der Waals surface area (Å²) in [6.45, 7) is 4.47. The SMILES string of the molecule is O=C(Oc1ccc2c(c1)Cc1cc(OOCc3ccc(OCCCCOCC4CO4)cc3)ccc1-2)c1ccc(OCC2CO2)cc1. The Morgan fingerprint density at radius 1 is 0.674 bits per heavy atom. The van der Waals surface area contributed by atoms with E-state index in [0.29, 0.717) is 61.8 Å². The minimum absolute atomic E-state index is 0.179. The number of hydrogen-bond donors (Lipinski definition) is 0. The van der Waals surface area contributed by atoms with E-state index in [1.165, 1.54) is 0 Å². The fourth-order valence-electron chi connectivity index (χ4n) is 5.21. The van der Waals surface area contributed by atoms with Crippen LogP contribution in [0.15, 0.2) is 84.9 Å². The predicted octanol–water partition coefficient (Wildman–Crippen LogP) is 6.34. The Bertz CT molecular complexity index is 1630. The van der Waals surface area contributed by atoms with Crippen LogP contribution in [0.1, 0.15) is 39.9 Å². The van der Waals surface area contributed by atoms with E-state index >= 15 is 0 Å². The number of carbonyl (C=O) groups is 1. The van der Waals surface area contributed by atoms with Gasteiger partial charge >= 0.3 is 5.97 Å². The Kier molecular flexibility index (Phi) is 9.44. The van der Waals surface area contributed by atoms with Crippen LogP contribution in [0.4, 0.5) is 0 Å². The van der Waals surface area contributed by atoms with Crippen molar-refractivity contribution in [1.29, 1.82) is 0 Å². The number of ether oxygens (including phenoxy) is 6. The van der Waals surface area contributed by atoms with Gasteiger partial charge in [0.1, 0.15) is 42.7 Å². The average molecular weight is 625 g/mol. The van der Waals surface area contributed by atoms with Crippen LogP contribution in [0, 0.1) is 0 Å². The molecule has 0 amide bonds. The number of esters is 1. The van der Waals surface area contributed by atoms with Gasteiger partial charge in [-0.1, -0.05) is 24.3 Å². The maximum atomic E-state index is 12.8. The largest absolute Gasteiger partial charge is 0.494 e. The lowest BCUT2D eigenvalue weighted by Gasteiger charge is -2.09. The summed E-state index contributed by atoms with van der Waals surface area (Å²) in [5.74, 6) is 2.23. The van der Waals surface area contributed by atoms with Gasteiger partial charge in [-0.2, -0.15) is 4.89 Å². The zero-order valence-corrected chi connectivity index (χ0v) is 25.5. The van der Waals surface area contributed by atoms with Gasteiger partial charge in [-0.25, -0.2) is 4.79 Å². The molecule has 2 fully saturated rings. The second-order valence-corrected chi connectivity index (χ2v) is 11.6. The van der Waals surface area contributed by atoms with Gasteiger partial charge in [0.15, 0.2) is 5.75 Å². The number of fused-ring (bicyclic) bond motifs is 3. The van der Waals surface area contributed by atoms with Gasteiger partial charge in [-0.3, -0.25) is 0 Å². The van der Waals surface area contributed by atoms with Gasteiger partial charge < -0.3 is 33.3 Å². The highest BCUT2D eigenvalue weighted by Gasteiger charge is 2.24. The standard InChI is InChI=1S/C37H36O9/c38-37(26-5-9-30(10-6-26)41-23-34-24-43-34)45-31-11-13-35-27(18-31)17-28-19-32(12-14-36(28)35)46-44-20-25-3-7-29(8-4-25)40-16-2-1-15-39-21-33-22-42-33/h3-14,18-19,33-34H,1-2,15-17,20-24H2. The molecule has 1 aliphatic carbocycles. The van der Waals surface area contributed by atoms with Crippen LogP contribution < -0.4 is 19.1 Å². The molecule has 7 rings (SSSR count).